The van der Waals surface area contributed by atoms with E-state index in [4.69, 9.17) is 10.5 Å². The number of methoxy groups -OCH3 is 1. The van der Waals surface area contributed by atoms with Crippen molar-refractivity contribution in [2.24, 2.45) is 5.41 Å². The predicted octanol–water partition coefficient (Wildman–Crippen LogP) is 1.96. The number of ether oxygens (including phenoxy) is 1. The van der Waals surface area contributed by atoms with Crippen LogP contribution in [-0.2, 0) is 9.53 Å². The highest BCUT2D eigenvalue weighted by Crippen LogP contribution is 2.31. The number of carbonyl (C=O) groups is 1. The van der Waals surface area contributed by atoms with Crippen LogP contribution in [0.15, 0.2) is 23.4 Å². The predicted molar refractivity (Wildman–Crippen MR) is 65.2 cm³/mol. The summed E-state index contributed by atoms with van der Waals surface area (Å²) < 4.78 is 4.74. The van der Waals surface area contributed by atoms with E-state index in [1.54, 1.807) is 12.4 Å². The van der Waals surface area contributed by atoms with Crippen LogP contribution in [0.1, 0.15) is 13.8 Å². The molecule has 0 saturated carbocycles. The van der Waals surface area contributed by atoms with Gasteiger partial charge in [-0.2, -0.15) is 0 Å². The van der Waals surface area contributed by atoms with Crippen LogP contribution in [0.3, 0.4) is 0 Å². The number of rotatable bonds is 4. The highest BCUT2D eigenvalue weighted by atomic mass is 32.2. The van der Waals surface area contributed by atoms with Crippen molar-refractivity contribution in [3.8, 4) is 0 Å². The van der Waals surface area contributed by atoms with Crippen LogP contribution in [0.5, 0.6) is 0 Å². The lowest BCUT2D eigenvalue weighted by Gasteiger charge is -2.20. The largest absolute Gasteiger partial charge is 0.469 e. The molecule has 0 amide bonds. The maximum Gasteiger partial charge on any atom is 0.312 e. The molecule has 2 N–H and O–H groups in total. The molecule has 0 bridgehead atoms. The smallest absolute Gasteiger partial charge is 0.312 e. The zero-order chi connectivity index (χ0) is 12.2. The lowest BCUT2D eigenvalue weighted by molar-refractivity contribution is -0.149. The minimum absolute atomic E-state index is 0.215. The standard InChI is InChI=1S/C11H16N2O2S/c1-11(2,10(14)15-3)7-16-9-4-5-13-6-8(9)12/h4-6H,7,12H2,1-3H3. The van der Waals surface area contributed by atoms with Gasteiger partial charge in [0.15, 0.2) is 0 Å². The highest BCUT2D eigenvalue weighted by Gasteiger charge is 2.28. The van der Waals surface area contributed by atoms with Crippen molar-refractivity contribution in [2.75, 3.05) is 18.6 Å². The van der Waals surface area contributed by atoms with E-state index >= 15 is 0 Å². The molecular formula is C11H16N2O2S. The van der Waals surface area contributed by atoms with E-state index in [0.29, 0.717) is 11.4 Å². The number of esters is 1. The summed E-state index contributed by atoms with van der Waals surface area (Å²) in [5.41, 5.74) is 5.87. The van der Waals surface area contributed by atoms with Crippen LogP contribution < -0.4 is 5.73 Å². The molecule has 0 unspecified atom stereocenters. The molecule has 5 heteroatoms. The van der Waals surface area contributed by atoms with Crippen molar-refractivity contribution >= 4 is 23.4 Å². The van der Waals surface area contributed by atoms with Gasteiger partial charge in [0.1, 0.15) is 0 Å². The number of carbonyl (C=O) groups excluding carboxylic acids is 1. The molecule has 1 aromatic rings. The summed E-state index contributed by atoms with van der Waals surface area (Å²) in [5.74, 6) is 0.404. The first-order chi connectivity index (χ1) is 7.47. The molecule has 0 aliphatic rings. The second-order valence-corrected chi connectivity index (χ2v) is 5.09. The molecule has 0 aliphatic heterocycles. The van der Waals surface area contributed by atoms with Gasteiger partial charge >= 0.3 is 5.97 Å². The normalized spacial score (nSPS) is 11.2. The Bertz CT molecular complexity index is 380. The first-order valence-electron chi connectivity index (χ1n) is 4.88. The van der Waals surface area contributed by atoms with E-state index < -0.39 is 5.41 Å². The van der Waals surface area contributed by atoms with Gasteiger partial charge in [0, 0.05) is 16.8 Å². The van der Waals surface area contributed by atoms with Gasteiger partial charge in [0.25, 0.3) is 0 Å². The SMILES string of the molecule is COC(=O)C(C)(C)CSc1ccncc1N. The van der Waals surface area contributed by atoms with Gasteiger partial charge in [0.05, 0.1) is 24.4 Å². The topological polar surface area (TPSA) is 65.2 Å². The summed E-state index contributed by atoms with van der Waals surface area (Å²) in [7, 11) is 1.40. The Balaban J connectivity index is 2.65. The van der Waals surface area contributed by atoms with Gasteiger partial charge < -0.3 is 10.5 Å². The van der Waals surface area contributed by atoms with E-state index in [1.807, 2.05) is 19.9 Å². The molecule has 0 aromatic carbocycles. The zero-order valence-electron chi connectivity index (χ0n) is 9.69. The van der Waals surface area contributed by atoms with E-state index in [0.717, 1.165) is 4.90 Å². The fourth-order valence-electron chi connectivity index (χ4n) is 1.12. The second-order valence-electron chi connectivity index (χ2n) is 4.08. The Labute approximate surface area is 99.6 Å². The van der Waals surface area contributed by atoms with E-state index in [1.165, 1.54) is 18.9 Å². The van der Waals surface area contributed by atoms with Gasteiger partial charge in [-0.3, -0.25) is 9.78 Å². The monoisotopic (exact) mass is 240 g/mol. The number of hydrogen-bond donors (Lipinski definition) is 1. The molecule has 0 spiro atoms. The van der Waals surface area contributed by atoms with Gasteiger partial charge in [-0.1, -0.05) is 0 Å². The Hall–Kier alpha value is -1.23. The summed E-state index contributed by atoms with van der Waals surface area (Å²) in [6.45, 7) is 3.70. The van der Waals surface area contributed by atoms with Crippen LogP contribution in [0, 0.1) is 5.41 Å². The Morgan fingerprint density at radius 3 is 2.88 bits per heavy atom. The van der Waals surface area contributed by atoms with Crippen LogP contribution in [0.4, 0.5) is 5.69 Å². The highest BCUT2D eigenvalue weighted by molar-refractivity contribution is 7.99. The fourth-order valence-corrected chi connectivity index (χ4v) is 2.13. The van der Waals surface area contributed by atoms with Gasteiger partial charge in [0.2, 0.25) is 0 Å². The van der Waals surface area contributed by atoms with E-state index in [9.17, 15) is 4.79 Å². The molecule has 0 aliphatic carbocycles. The molecule has 1 rings (SSSR count). The summed E-state index contributed by atoms with van der Waals surface area (Å²) in [6, 6.07) is 1.84. The Morgan fingerprint density at radius 1 is 1.62 bits per heavy atom. The molecule has 88 valence electrons. The number of nitrogens with zero attached hydrogens (tertiary/aromatic N) is 1. The number of aromatic nitrogens is 1. The van der Waals surface area contributed by atoms with Crippen molar-refractivity contribution in [1.29, 1.82) is 0 Å². The molecule has 1 heterocycles. The van der Waals surface area contributed by atoms with Crippen molar-refractivity contribution in [3.05, 3.63) is 18.5 Å². The minimum Gasteiger partial charge on any atom is -0.469 e. The molecule has 0 atom stereocenters. The number of anilines is 1. The third-order valence-corrected chi connectivity index (χ3v) is 3.69. The Morgan fingerprint density at radius 2 is 2.31 bits per heavy atom. The molecule has 0 fully saturated rings. The summed E-state index contributed by atoms with van der Waals surface area (Å²) in [5, 5.41) is 0. The maximum atomic E-state index is 11.5. The van der Waals surface area contributed by atoms with E-state index in [2.05, 4.69) is 4.98 Å². The van der Waals surface area contributed by atoms with Crippen molar-refractivity contribution < 1.29 is 9.53 Å². The van der Waals surface area contributed by atoms with Crippen LogP contribution in [-0.4, -0.2) is 23.8 Å². The van der Waals surface area contributed by atoms with Crippen LogP contribution in [0.25, 0.3) is 0 Å². The molecule has 1 aromatic heterocycles. The molecule has 4 nitrogen and oxygen atoms in total. The van der Waals surface area contributed by atoms with Gasteiger partial charge in [-0.05, 0) is 19.9 Å². The summed E-state index contributed by atoms with van der Waals surface area (Å²) in [6.07, 6.45) is 3.29. The summed E-state index contributed by atoms with van der Waals surface area (Å²) in [4.78, 5) is 16.3. The lowest BCUT2D eigenvalue weighted by Crippen LogP contribution is -2.28. The maximum absolute atomic E-state index is 11.5. The molecule has 0 radical (unpaired) electrons. The zero-order valence-corrected chi connectivity index (χ0v) is 10.5. The second kappa shape index (κ2) is 5.21. The average Bonchev–Trinajstić information content (AvgIpc) is 2.27. The minimum atomic E-state index is -0.519. The lowest BCUT2D eigenvalue weighted by atomic mass is 9.97. The van der Waals surface area contributed by atoms with Gasteiger partial charge in [-0.25, -0.2) is 0 Å². The van der Waals surface area contributed by atoms with Crippen molar-refractivity contribution in [2.45, 2.75) is 18.7 Å². The molecule has 16 heavy (non-hydrogen) atoms. The molecular weight excluding hydrogens is 224 g/mol. The first kappa shape index (κ1) is 12.8. The number of nitrogen functional groups attached to an aromatic ring is 1. The van der Waals surface area contributed by atoms with Crippen LogP contribution >= 0.6 is 11.8 Å². The Kier molecular flexibility index (Phi) is 4.18. The van der Waals surface area contributed by atoms with Crippen molar-refractivity contribution in [1.82, 2.24) is 4.98 Å². The fraction of sp³-hybridized carbons (Fsp3) is 0.455. The number of nitrogens with two attached hydrogens (primary N) is 1. The van der Waals surface area contributed by atoms with Crippen LogP contribution in [0.2, 0.25) is 0 Å². The third kappa shape index (κ3) is 3.13. The third-order valence-electron chi connectivity index (χ3n) is 2.14. The number of hydrogen-bond acceptors (Lipinski definition) is 5. The van der Waals surface area contributed by atoms with E-state index in [-0.39, 0.29) is 5.97 Å². The molecule has 0 saturated heterocycles. The quantitative estimate of drug-likeness (QED) is 0.643. The average molecular weight is 240 g/mol. The van der Waals surface area contributed by atoms with Crippen molar-refractivity contribution in [3.63, 3.8) is 0 Å². The first-order valence-corrected chi connectivity index (χ1v) is 5.86. The van der Waals surface area contributed by atoms with Gasteiger partial charge in [-0.15, -0.1) is 11.8 Å². The number of thioether (sulfide) groups is 1. The summed E-state index contributed by atoms with van der Waals surface area (Å²) >= 11 is 1.53. The number of pyridine rings is 1.